The third-order valence-corrected chi connectivity index (χ3v) is 6.41. The van der Waals surface area contributed by atoms with Crippen LogP contribution in [0.3, 0.4) is 0 Å². The smallest absolute Gasteiger partial charge is 0.224 e. The van der Waals surface area contributed by atoms with Gasteiger partial charge in [-0.25, -0.2) is 0 Å². The van der Waals surface area contributed by atoms with Crippen molar-refractivity contribution in [1.82, 2.24) is 10.6 Å². The van der Waals surface area contributed by atoms with Crippen LogP contribution in [0, 0.1) is 0 Å². The molecule has 5 nitrogen and oxygen atoms in total. The summed E-state index contributed by atoms with van der Waals surface area (Å²) < 4.78 is 0. The number of phenols is 1. The predicted octanol–water partition coefficient (Wildman–Crippen LogP) is 4.76. The number of hydrogen-bond donors (Lipinski definition) is 4. The van der Waals surface area contributed by atoms with Crippen LogP contribution in [0.1, 0.15) is 47.6 Å². The lowest BCUT2D eigenvalue weighted by atomic mass is 9.97. The number of rotatable bonds is 12. The zero-order chi connectivity index (χ0) is 25.2. The quantitative estimate of drug-likeness (QED) is 0.292. The average Bonchev–Trinajstić information content (AvgIpc) is 2.84. The Morgan fingerprint density at radius 1 is 0.971 bits per heavy atom. The summed E-state index contributed by atoms with van der Waals surface area (Å²) in [5.74, 6) is 0.387. The molecule has 0 aliphatic heterocycles. The minimum Gasteiger partial charge on any atom is -0.508 e. The van der Waals surface area contributed by atoms with E-state index < -0.39 is 0 Å². The Hall–Kier alpha value is -2.86. The molecule has 0 spiro atoms. The minimum atomic E-state index is -0.174. The van der Waals surface area contributed by atoms with Crippen LogP contribution in [0.25, 0.3) is 0 Å². The Labute approximate surface area is 213 Å². The van der Waals surface area contributed by atoms with Crippen LogP contribution in [0.2, 0.25) is 5.02 Å². The zero-order valence-corrected chi connectivity index (χ0v) is 21.2. The maximum Gasteiger partial charge on any atom is 0.224 e. The fourth-order valence-corrected chi connectivity index (χ4v) is 4.20. The Balaban J connectivity index is 1.44. The molecule has 3 aromatic carbocycles. The molecule has 0 heterocycles. The van der Waals surface area contributed by atoms with E-state index in [1.54, 1.807) is 6.07 Å². The van der Waals surface area contributed by atoms with Gasteiger partial charge in [-0.1, -0.05) is 61.0 Å². The van der Waals surface area contributed by atoms with E-state index in [1.165, 1.54) is 5.56 Å². The van der Waals surface area contributed by atoms with Crippen molar-refractivity contribution in [2.75, 3.05) is 13.1 Å². The van der Waals surface area contributed by atoms with Crippen molar-refractivity contribution < 1.29 is 15.0 Å². The van der Waals surface area contributed by atoms with Crippen LogP contribution >= 0.6 is 11.6 Å². The molecule has 0 aromatic heterocycles. The lowest BCUT2D eigenvalue weighted by Crippen LogP contribution is -2.31. The van der Waals surface area contributed by atoms with Crippen LogP contribution < -0.4 is 10.6 Å². The summed E-state index contributed by atoms with van der Waals surface area (Å²) in [6, 6.07) is 21.5. The summed E-state index contributed by atoms with van der Waals surface area (Å²) >= 11 is 5.91. The monoisotopic (exact) mass is 494 g/mol. The number of aliphatic hydroxyl groups excluding tert-OH is 1. The molecule has 3 rings (SSSR count). The molecule has 0 unspecified atom stereocenters. The third-order valence-electron chi connectivity index (χ3n) is 6.16. The SMILES string of the molecule is C[C@H](Cc1cccc(CC(=O)NCCc2ccc(Cl)cc2)c1)NC[C@H](C)c1ccc(O)c(CO)c1. The largest absolute Gasteiger partial charge is 0.508 e. The average molecular weight is 495 g/mol. The Morgan fingerprint density at radius 3 is 2.46 bits per heavy atom. The second-order valence-corrected chi connectivity index (χ2v) is 9.62. The molecule has 0 saturated heterocycles. The summed E-state index contributed by atoms with van der Waals surface area (Å²) in [7, 11) is 0. The van der Waals surface area contributed by atoms with Crippen molar-refractivity contribution in [3.05, 3.63) is 99.6 Å². The number of benzene rings is 3. The Bertz CT molecular complexity index is 1100. The molecule has 2 atom stereocenters. The van der Waals surface area contributed by atoms with Gasteiger partial charge in [0.2, 0.25) is 5.91 Å². The number of halogens is 1. The summed E-state index contributed by atoms with van der Waals surface area (Å²) in [4.78, 5) is 12.4. The molecule has 0 radical (unpaired) electrons. The van der Waals surface area contributed by atoms with Gasteiger partial charge in [0.05, 0.1) is 13.0 Å². The summed E-state index contributed by atoms with van der Waals surface area (Å²) in [5.41, 5.74) is 4.97. The van der Waals surface area contributed by atoms with E-state index in [2.05, 4.69) is 36.6 Å². The minimum absolute atomic E-state index is 0.0206. The molecule has 4 N–H and O–H groups in total. The van der Waals surface area contributed by atoms with Crippen molar-refractivity contribution in [3.8, 4) is 5.75 Å². The van der Waals surface area contributed by atoms with Crippen LogP contribution in [-0.2, 0) is 30.7 Å². The van der Waals surface area contributed by atoms with Gasteiger partial charge < -0.3 is 20.8 Å². The number of nitrogens with one attached hydrogen (secondary N) is 2. The van der Waals surface area contributed by atoms with Gasteiger partial charge in [-0.3, -0.25) is 4.79 Å². The van der Waals surface area contributed by atoms with E-state index in [0.29, 0.717) is 23.6 Å². The molecular weight excluding hydrogens is 460 g/mol. The first-order valence-electron chi connectivity index (χ1n) is 12.1. The van der Waals surface area contributed by atoms with Gasteiger partial charge in [-0.05, 0) is 72.2 Å². The van der Waals surface area contributed by atoms with Gasteiger partial charge in [0, 0.05) is 29.7 Å². The van der Waals surface area contributed by atoms with Gasteiger partial charge in [-0.15, -0.1) is 0 Å². The number of aromatic hydroxyl groups is 1. The molecule has 3 aromatic rings. The number of carbonyl (C=O) groups excluding carboxylic acids is 1. The lowest BCUT2D eigenvalue weighted by molar-refractivity contribution is -0.120. The fraction of sp³-hybridized carbons (Fsp3) is 0.345. The molecule has 1 amide bonds. The topological polar surface area (TPSA) is 81.6 Å². The maximum absolute atomic E-state index is 12.4. The van der Waals surface area contributed by atoms with Crippen molar-refractivity contribution in [3.63, 3.8) is 0 Å². The molecule has 186 valence electrons. The van der Waals surface area contributed by atoms with Gasteiger partial charge in [0.1, 0.15) is 5.75 Å². The maximum atomic E-state index is 12.4. The van der Waals surface area contributed by atoms with Crippen molar-refractivity contribution in [2.24, 2.45) is 0 Å². The standard InChI is InChI=1S/C29H35ClN2O3/c1-20(25-8-11-28(34)26(17-25)19-33)18-32-21(2)14-23-4-3-5-24(15-23)16-29(35)31-13-12-22-6-9-27(30)10-7-22/h3-11,15,17,20-21,32-34H,12-14,16,18-19H2,1-2H3,(H,31,35)/t20-,21+/m0/s1. The van der Waals surface area contributed by atoms with Crippen molar-refractivity contribution in [2.45, 2.75) is 51.7 Å². The Kier molecular flexibility index (Phi) is 10.2. The van der Waals surface area contributed by atoms with Gasteiger partial charge in [-0.2, -0.15) is 0 Å². The molecule has 0 bridgehead atoms. The van der Waals surface area contributed by atoms with Gasteiger partial charge in [0.25, 0.3) is 0 Å². The van der Waals surface area contributed by atoms with E-state index in [-0.39, 0.29) is 30.2 Å². The number of carbonyl (C=O) groups is 1. The van der Waals surface area contributed by atoms with Crippen LogP contribution in [0.5, 0.6) is 5.75 Å². The molecule has 0 aliphatic rings. The molecule has 6 heteroatoms. The highest BCUT2D eigenvalue weighted by molar-refractivity contribution is 6.30. The second kappa shape index (κ2) is 13.3. The second-order valence-electron chi connectivity index (χ2n) is 9.18. The van der Waals surface area contributed by atoms with E-state index in [1.807, 2.05) is 48.5 Å². The molecule has 0 saturated carbocycles. The highest BCUT2D eigenvalue weighted by Crippen LogP contribution is 2.23. The predicted molar refractivity (Wildman–Crippen MR) is 142 cm³/mol. The normalized spacial score (nSPS) is 12.8. The summed E-state index contributed by atoms with van der Waals surface area (Å²) in [6.45, 7) is 5.48. The molecule has 0 fully saturated rings. The first-order chi connectivity index (χ1) is 16.8. The van der Waals surface area contributed by atoms with E-state index in [9.17, 15) is 15.0 Å². The summed E-state index contributed by atoms with van der Waals surface area (Å²) in [6.07, 6.45) is 1.99. The number of amides is 1. The van der Waals surface area contributed by atoms with Crippen LogP contribution in [-0.4, -0.2) is 35.3 Å². The van der Waals surface area contributed by atoms with E-state index in [0.717, 1.165) is 36.1 Å². The highest BCUT2D eigenvalue weighted by atomic mass is 35.5. The summed E-state index contributed by atoms with van der Waals surface area (Å²) in [5, 5.41) is 26.4. The highest BCUT2D eigenvalue weighted by Gasteiger charge is 2.11. The van der Waals surface area contributed by atoms with Crippen molar-refractivity contribution in [1.29, 1.82) is 0 Å². The zero-order valence-electron chi connectivity index (χ0n) is 20.4. The third kappa shape index (κ3) is 8.70. The molecule has 0 aliphatic carbocycles. The first-order valence-corrected chi connectivity index (χ1v) is 12.5. The van der Waals surface area contributed by atoms with Crippen molar-refractivity contribution >= 4 is 17.5 Å². The van der Waals surface area contributed by atoms with Gasteiger partial charge >= 0.3 is 0 Å². The van der Waals surface area contributed by atoms with Gasteiger partial charge in [0.15, 0.2) is 0 Å². The number of hydrogen-bond acceptors (Lipinski definition) is 4. The molecule has 35 heavy (non-hydrogen) atoms. The first kappa shape index (κ1) is 26.7. The van der Waals surface area contributed by atoms with Crippen LogP contribution in [0.4, 0.5) is 0 Å². The van der Waals surface area contributed by atoms with Crippen LogP contribution in [0.15, 0.2) is 66.7 Å². The number of aliphatic hydroxyl groups is 1. The van der Waals surface area contributed by atoms with E-state index >= 15 is 0 Å². The fourth-order valence-electron chi connectivity index (χ4n) is 4.07. The Morgan fingerprint density at radius 2 is 1.71 bits per heavy atom. The van der Waals surface area contributed by atoms with E-state index in [4.69, 9.17) is 11.6 Å². The molecular formula is C29H35ClN2O3. The lowest BCUT2D eigenvalue weighted by Gasteiger charge is -2.19.